The summed E-state index contributed by atoms with van der Waals surface area (Å²) in [4.78, 5) is 0. The normalized spacial score (nSPS) is 11.7. The fourth-order valence-corrected chi connectivity index (χ4v) is 2.14. The number of alkyl halides is 3. The minimum Gasteiger partial charge on any atom is -0.316 e. The number of halogens is 3. The molecule has 2 rings (SSSR count). The molecule has 0 atom stereocenters. The predicted octanol–water partition coefficient (Wildman–Crippen LogP) is 4.40. The van der Waals surface area contributed by atoms with Crippen LogP contribution in [-0.2, 0) is 12.7 Å². The number of hydrogen-bond donors (Lipinski definition) is 1. The van der Waals surface area contributed by atoms with Crippen LogP contribution in [0.4, 0.5) is 13.2 Å². The third-order valence-corrected chi connectivity index (χ3v) is 3.16. The van der Waals surface area contributed by atoms with Crippen LogP contribution in [0.15, 0.2) is 42.5 Å². The van der Waals surface area contributed by atoms with Gasteiger partial charge in [0.15, 0.2) is 0 Å². The lowest BCUT2D eigenvalue weighted by atomic mass is 9.96. The van der Waals surface area contributed by atoms with Gasteiger partial charge < -0.3 is 5.32 Å². The molecule has 1 N–H and O–H groups in total. The summed E-state index contributed by atoms with van der Waals surface area (Å²) in [5, 5.41) is 3.07. The van der Waals surface area contributed by atoms with Crippen LogP contribution >= 0.6 is 0 Å². The van der Waals surface area contributed by atoms with E-state index < -0.39 is 11.7 Å². The number of nitrogens with one attached hydrogen (secondary N) is 1. The molecule has 0 amide bonds. The molecule has 0 aliphatic rings. The first kappa shape index (κ1) is 14.6. The summed E-state index contributed by atoms with van der Waals surface area (Å²) in [5.74, 6) is 0. The highest BCUT2D eigenvalue weighted by molar-refractivity contribution is 5.68. The van der Waals surface area contributed by atoms with Crippen molar-refractivity contribution in [2.45, 2.75) is 19.6 Å². The molecule has 4 heteroatoms. The van der Waals surface area contributed by atoms with Crippen LogP contribution in [-0.4, -0.2) is 7.05 Å². The Labute approximate surface area is 116 Å². The van der Waals surface area contributed by atoms with E-state index in [0.29, 0.717) is 6.54 Å². The summed E-state index contributed by atoms with van der Waals surface area (Å²) in [6.07, 6.45) is -4.29. The van der Waals surface area contributed by atoms with E-state index in [-0.39, 0.29) is 0 Å². The maximum absolute atomic E-state index is 12.6. The highest BCUT2D eigenvalue weighted by Gasteiger charge is 2.30. The molecule has 20 heavy (non-hydrogen) atoms. The number of hydrogen-bond acceptors (Lipinski definition) is 1. The Morgan fingerprint density at radius 3 is 2.20 bits per heavy atom. The first-order chi connectivity index (χ1) is 9.41. The summed E-state index contributed by atoms with van der Waals surface area (Å²) >= 11 is 0. The zero-order valence-corrected chi connectivity index (χ0v) is 11.4. The van der Waals surface area contributed by atoms with Gasteiger partial charge in [-0.1, -0.05) is 35.9 Å². The second-order valence-electron chi connectivity index (χ2n) is 4.77. The first-order valence-corrected chi connectivity index (χ1v) is 6.33. The van der Waals surface area contributed by atoms with Crippen molar-refractivity contribution >= 4 is 0 Å². The lowest BCUT2D eigenvalue weighted by molar-refractivity contribution is -0.137. The second-order valence-corrected chi connectivity index (χ2v) is 4.77. The maximum Gasteiger partial charge on any atom is 0.416 e. The van der Waals surface area contributed by atoms with Crippen LogP contribution in [0.3, 0.4) is 0 Å². The smallest absolute Gasteiger partial charge is 0.316 e. The molecular formula is C16H16F3N. The van der Waals surface area contributed by atoms with Crippen molar-refractivity contribution in [3.05, 3.63) is 59.2 Å². The standard InChI is InChI=1S/C16H16F3N/c1-11-3-4-13(10-20-2)15(9-11)12-5-7-14(8-6-12)16(17,18)19/h3-9,20H,10H2,1-2H3. The number of rotatable bonds is 3. The van der Waals surface area contributed by atoms with Gasteiger partial charge in [0.1, 0.15) is 0 Å². The molecule has 0 bridgehead atoms. The monoisotopic (exact) mass is 279 g/mol. The zero-order valence-electron chi connectivity index (χ0n) is 11.4. The molecule has 0 aliphatic heterocycles. The minimum atomic E-state index is -4.29. The average Bonchev–Trinajstić information content (AvgIpc) is 2.40. The van der Waals surface area contributed by atoms with E-state index in [1.807, 2.05) is 32.2 Å². The van der Waals surface area contributed by atoms with Gasteiger partial charge in [-0.05, 0) is 42.8 Å². The highest BCUT2D eigenvalue weighted by atomic mass is 19.4. The molecule has 0 saturated heterocycles. The summed E-state index contributed by atoms with van der Waals surface area (Å²) in [6, 6.07) is 11.3. The highest BCUT2D eigenvalue weighted by Crippen LogP contribution is 2.32. The Morgan fingerprint density at radius 2 is 1.65 bits per heavy atom. The van der Waals surface area contributed by atoms with Crippen molar-refractivity contribution in [3.63, 3.8) is 0 Å². The Morgan fingerprint density at radius 1 is 1.00 bits per heavy atom. The van der Waals surface area contributed by atoms with Crippen LogP contribution in [0.2, 0.25) is 0 Å². The van der Waals surface area contributed by atoms with Crippen LogP contribution in [0.5, 0.6) is 0 Å². The second kappa shape index (κ2) is 5.67. The van der Waals surface area contributed by atoms with Crippen molar-refractivity contribution in [1.29, 1.82) is 0 Å². The molecule has 0 radical (unpaired) electrons. The van der Waals surface area contributed by atoms with E-state index in [2.05, 4.69) is 5.32 Å². The SMILES string of the molecule is CNCc1ccc(C)cc1-c1ccc(C(F)(F)F)cc1. The fraction of sp³-hybridized carbons (Fsp3) is 0.250. The van der Waals surface area contributed by atoms with Crippen molar-refractivity contribution in [1.82, 2.24) is 5.32 Å². The topological polar surface area (TPSA) is 12.0 Å². The van der Waals surface area contributed by atoms with Crippen molar-refractivity contribution in [2.75, 3.05) is 7.05 Å². The van der Waals surface area contributed by atoms with Gasteiger partial charge in [0.25, 0.3) is 0 Å². The lowest BCUT2D eigenvalue weighted by Gasteiger charge is -2.12. The maximum atomic E-state index is 12.6. The molecule has 1 nitrogen and oxygen atoms in total. The van der Waals surface area contributed by atoms with Gasteiger partial charge in [0.2, 0.25) is 0 Å². The Hall–Kier alpha value is -1.81. The van der Waals surface area contributed by atoms with Gasteiger partial charge in [-0.25, -0.2) is 0 Å². The molecule has 0 heterocycles. The van der Waals surface area contributed by atoms with Gasteiger partial charge in [0.05, 0.1) is 5.56 Å². The molecule has 0 unspecified atom stereocenters. The van der Waals surface area contributed by atoms with Crippen molar-refractivity contribution in [3.8, 4) is 11.1 Å². The van der Waals surface area contributed by atoms with Gasteiger partial charge >= 0.3 is 6.18 Å². The molecule has 2 aromatic carbocycles. The van der Waals surface area contributed by atoms with Crippen molar-refractivity contribution < 1.29 is 13.2 Å². The minimum absolute atomic E-state index is 0.621. The van der Waals surface area contributed by atoms with E-state index >= 15 is 0 Å². The summed E-state index contributed by atoms with van der Waals surface area (Å²) in [6.45, 7) is 2.65. The first-order valence-electron chi connectivity index (χ1n) is 6.33. The molecule has 0 spiro atoms. The summed E-state index contributed by atoms with van der Waals surface area (Å²) in [5.41, 5.74) is 3.29. The largest absolute Gasteiger partial charge is 0.416 e. The van der Waals surface area contributed by atoms with Gasteiger partial charge in [-0.15, -0.1) is 0 Å². The third-order valence-electron chi connectivity index (χ3n) is 3.16. The lowest BCUT2D eigenvalue weighted by Crippen LogP contribution is -2.07. The summed E-state index contributed by atoms with van der Waals surface area (Å²) in [7, 11) is 1.84. The molecule has 0 fully saturated rings. The quantitative estimate of drug-likeness (QED) is 0.878. The molecule has 0 saturated carbocycles. The van der Waals surface area contributed by atoms with Crippen LogP contribution < -0.4 is 5.32 Å². The van der Waals surface area contributed by atoms with Gasteiger partial charge in [-0.2, -0.15) is 13.2 Å². The van der Waals surface area contributed by atoms with Crippen LogP contribution in [0.25, 0.3) is 11.1 Å². The Kier molecular flexibility index (Phi) is 4.14. The average molecular weight is 279 g/mol. The van der Waals surface area contributed by atoms with E-state index in [1.165, 1.54) is 12.1 Å². The number of benzene rings is 2. The van der Waals surface area contributed by atoms with Crippen LogP contribution in [0.1, 0.15) is 16.7 Å². The molecule has 0 aromatic heterocycles. The molecule has 2 aromatic rings. The zero-order chi connectivity index (χ0) is 14.8. The Bertz CT molecular complexity index is 586. The third kappa shape index (κ3) is 3.20. The Balaban J connectivity index is 2.43. The molecule has 0 aliphatic carbocycles. The van der Waals surface area contributed by atoms with E-state index in [0.717, 1.165) is 34.4 Å². The van der Waals surface area contributed by atoms with Crippen LogP contribution in [0, 0.1) is 6.92 Å². The van der Waals surface area contributed by atoms with Gasteiger partial charge in [0, 0.05) is 6.54 Å². The number of aryl methyl sites for hydroxylation is 1. The fourth-order valence-electron chi connectivity index (χ4n) is 2.14. The van der Waals surface area contributed by atoms with Crippen molar-refractivity contribution in [2.24, 2.45) is 0 Å². The molecular weight excluding hydrogens is 263 g/mol. The molecule has 106 valence electrons. The summed E-state index contributed by atoms with van der Waals surface area (Å²) < 4.78 is 37.7. The van der Waals surface area contributed by atoms with Gasteiger partial charge in [-0.3, -0.25) is 0 Å². The van der Waals surface area contributed by atoms with E-state index in [4.69, 9.17) is 0 Å². The van der Waals surface area contributed by atoms with E-state index in [9.17, 15) is 13.2 Å². The predicted molar refractivity (Wildman–Crippen MR) is 74.4 cm³/mol. The van der Waals surface area contributed by atoms with E-state index in [1.54, 1.807) is 0 Å².